The maximum Gasteiger partial charge on any atom is 0.253 e. The van der Waals surface area contributed by atoms with Crippen LogP contribution in [0.4, 0.5) is 0 Å². The molecule has 110 valence electrons. The van der Waals surface area contributed by atoms with Crippen LogP contribution < -0.4 is 5.32 Å². The van der Waals surface area contributed by atoms with Crippen LogP contribution >= 0.6 is 11.8 Å². The largest absolute Gasteiger partial charge is 0.360 e. The lowest BCUT2D eigenvalue weighted by atomic mass is 10.0. The van der Waals surface area contributed by atoms with Gasteiger partial charge in [0.1, 0.15) is 0 Å². The van der Waals surface area contributed by atoms with Crippen LogP contribution in [0.5, 0.6) is 0 Å². The van der Waals surface area contributed by atoms with E-state index in [4.69, 9.17) is 0 Å². The molecule has 2 aromatic carbocycles. The molecule has 3 nitrogen and oxygen atoms in total. The fourth-order valence-corrected chi connectivity index (χ4v) is 4.11. The molecule has 1 aliphatic rings. The number of hydrogen-bond donors (Lipinski definition) is 2. The van der Waals surface area contributed by atoms with Crippen molar-refractivity contribution in [3.63, 3.8) is 0 Å². The second kappa shape index (κ2) is 5.54. The molecule has 0 unspecified atom stereocenters. The number of carbonyl (C=O) groups excluding carboxylic acids is 1. The molecule has 0 aliphatic carbocycles. The van der Waals surface area contributed by atoms with Crippen LogP contribution in [0.1, 0.15) is 28.4 Å². The molecular weight excluding hydrogens is 292 g/mol. The van der Waals surface area contributed by atoms with E-state index in [1.165, 1.54) is 10.5 Å². The van der Waals surface area contributed by atoms with Gasteiger partial charge in [0.2, 0.25) is 0 Å². The van der Waals surface area contributed by atoms with Crippen molar-refractivity contribution < 1.29 is 4.79 Å². The van der Waals surface area contributed by atoms with E-state index in [1.807, 2.05) is 42.1 Å². The molecule has 4 rings (SSSR count). The summed E-state index contributed by atoms with van der Waals surface area (Å²) in [6.07, 6.45) is 2.76. The Kier molecular flexibility index (Phi) is 3.39. The maximum atomic E-state index is 12.7. The van der Waals surface area contributed by atoms with Crippen LogP contribution in [-0.4, -0.2) is 16.6 Å². The molecule has 0 saturated carbocycles. The quantitative estimate of drug-likeness (QED) is 0.747. The highest BCUT2D eigenvalue weighted by Gasteiger charge is 2.23. The van der Waals surface area contributed by atoms with E-state index in [-0.39, 0.29) is 11.9 Å². The highest BCUT2D eigenvalue weighted by Crippen LogP contribution is 2.36. The summed E-state index contributed by atoms with van der Waals surface area (Å²) in [6.45, 7) is 0. The predicted molar refractivity (Wildman–Crippen MR) is 90.3 cm³/mol. The minimum Gasteiger partial charge on any atom is -0.360 e. The number of rotatable bonds is 2. The Morgan fingerprint density at radius 2 is 1.95 bits per heavy atom. The molecule has 22 heavy (non-hydrogen) atoms. The van der Waals surface area contributed by atoms with Gasteiger partial charge in [-0.25, -0.2) is 0 Å². The van der Waals surface area contributed by atoms with Crippen molar-refractivity contribution in [2.45, 2.75) is 17.4 Å². The van der Waals surface area contributed by atoms with Crippen LogP contribution in [0, 0.1) is 0 Å². The van der Waals surface area contributed by atoms with Gasteiger partial charge in [-0.1, -0.05) is 36.4 Å². The van der Waals surface area contributed by atoms with E-state index in [0.717, 1.165) is 23.1 Å². The van der Waals surface area contributed by atoms with Gasteiger partial charge in [-0.15, -0.1) is 11.8 Å². The first-order chi connectivity index (χ1) is 10.8. The number of para-hydroxylation sites is 1. The SMILES string of the molecule is O=C(N[C@@H]1CCSc2ccccc21)c1c[nH]c2ccccc12. The van der Waals surface area contributed by atoms with Gasteiger partial charge in [0, 0.05) is 27.7 Å². The van der Waals surface area contributed by atoms with Gasteiger partial charge in [-0.3, -0.25) is 4.79 Å². The average Bonchev–Trinajstić information content (AvgIpc) is 2.99. The normalized spacial score (nSPS) is 17.2. The molecule has 1 aromatic heterocycles. The summed E-state index contributed by atoms with van der Waals surface area (Å²) in [7, 11) is 0. The minimum atomic E-state index is -0.0100. The van der Waals surface area contributed by atoms with Gasteiger partial charge in [0.25, 0.3) is 5.91 Å². The predicted octanol–water partition coefficient (Wildman–Crippen LogP) is 4.13. The zero-order chi connectivity index (χ0) is 14.9. The Labute approximate surface area is 133 Å². The third kappa shape index (κ3) is 2.29. The Morgan fingerprint density at radius 3 is 2.91 bits per heavy atom. The number of amides is 1. The molecule has 1 aliphatic heterocycles. The van der Waals surface area contributed by atoms with Crippen molar-refractivity contribution in [1.29, 1.82) is 0 Å². The summed E-state index contributed by atoms with van der Waals surface area (Å²) >= 11 is 1.86. The van der Waals surface area contributed by atoms with Crippen molar-refractivity contribution in [2.75, 3.05) is 5.75 Å². The Morgan fingerprint density at radius 1 is 1.14 bits per heavy atom. The zero-order valence-electron chi connectivity index (χ0n) is 12.0. The smallest absolute Gasteiger partial charge is 0.253 e. The Balaban J connectivity index is 1.63. The molecule has 2 N–H and O–H groups in total. The molecule has 0 fully saturated rings. The van der Waals surface area contributed by atoms with Crippen LogP contribution in [0.25, 0.3) is 10.9 Å². The topological polar surface area (TPSA) is 44.9 Å². The molecule has 0 spiro atoms. The van der Waals surface area contributed by atoms with E-state index < -0.39 is 0 Å². The number of carbonyl (C=O) groups is 1. The van der Waals surface area contributed by atoms with Crippen LogP contribution in [-0.2, 0) is 0 Å². The molecule has 4 heteroatoms. The van der Waals surface area contributed by atoms with Crippen LogP contribution in [0.15, 0.2) is 59.6 Å². The van der Waals surface area contributed by atoms with E-state index in [2.05, 4.69) is 28.5 Å². The fourth-order valence-electron chi connectivity index (χ4n) is 2.99. The van der Waals surface area contributed by atoms with Gasteiger partial charge >= 0.3 is 0 Å². The first-order valence-electron chi connectivity index (χ1n) is 7.41. The number of benzene rings is 2. The second-order valence-corrected chi connectivity index (χ2v) is 6.59. The maximum absolute atomic E-state index is 12.7. The molecule has 0 saturated heterocycles. The summed E-state index contributed by atoms with van der Waals surface area (Å²) in [5.74, 6) is 1.03. The summed E-state index contributed by atoms with van der Waals surface area (Å²) in [5, 5.41) is 4.17. The fraction of sp³-hybridized carbons (Fsp3) is 0.167. The highest BCUT2D eigenvalue weighted by molar-refractivity contribution is 7.99. The molecule has 2 heterocycles. The Hall–Kier alpha value is -2.20. The molecule has 0 radical (unpaired) electrons. The van der Waals surface area contributed by atoms with Gasteiger partial charge in [0.05, 0.1) is 11.6 Å². The number of fused-ring (bicyclic) bond motifs is 2. The molecular formula is C18H16N2OS. The monoisotopic (exact) mass is 308 g/mol. The number of aromatic nitrogens is 1. The van der Waals surface area contributed by atoms with Gasteiger partial charge in [-0.05, 0) is 24.1 Å². The standard InChI is InChI=1S/C18H16N2OS/c21-18(14-11-19-15-7-3-1-5-12(14)15)20-16-9-10-22-17-8-4-2-6-13(16)17/h1-8,11,16,19H,9-10H2,(H,20,21)/t16-/m1/s1. The number of hydrogen-bond acceptors (Lipinski definition) is 2. The van der Waals surface area contributed by atoms with Crippen molar-refractivity contribution in [1.82, 2.24) is 10.3 Å². The van der Waals surface area contributed by atoms with Crippen LogP contribution in [0.3, 0.4) is 0 Å². The third-order valence-electron chi connectivity index (χ3n) is 4.10. The lowest BCUT2D eigenvalue weighted by Gasteiger charge is -2.25. The van der Waals surface area contributed by atoms with Crippen molar-refractivity contribution >= 4 is 28.6 Å². The first kappa shape index (κ1) is 13.5. The van der Waals surface area contributed by atoms with E-state index >= 15 is 0 Å². The molecule has 3 aromatic rings. The molecule has 1 amide bonds. The average molecular weight is 308 g/mol. The summed E-state index contributed by atoms with van der Waals surface area (Å²) in [4.78, 5) is 17.1. The third-order valence-corrected chi connectivity index (χ3v) is 5.22. The lowest BCUT2D eigenvalue weighted by molar-refractivity contribution is 0.0936. The van der Waals surface area contributed by atoms with Gasteiger partial charge in [-0.2, -0.15) is 0 Å². The molecule has 1 atom stereocenters. The van der Waals surface area contributed by atoms with Crippen molar-refractivity contribution in [3.05, 3.63) is 65.9 Å². The van der Waals surface area contributed by atoms with Crippen molar-refractivity contribution in [2.24, 2.45) is 0 Å². The Bertz CT molecular complexity index is 840. The van der Waals surface area contributed by atoms with Gasteiger partial charge < -0.3 is 10.3 Å². The van der Waals surface area contributed by atoms with E-state index in [1.54, 1.807) is 6.20 Å². The van der Waals surface area contributed by atoms with Crippen molar-refractivity contribution in [3.8, 4) is 0 Å². The zero-order valence-corrected chi connectivity index (χ0v) is 12.8. The summed E-state index contributed by atoms with van der Waals surface area (Å²) < 4.78 is 0. The number of H-pyrrole nitrogens is 1. The van der Waals surface area contributed by atoms with Crippen LogP contribution in [0.2, 0.25) is 0 Å². The number of thioether (sulfide) groups is 1. The number of nitrogens with one attached hydrogen (secondary N) is 2. The number of aromatic amines is 1. The summed E-state index contributed by atoms with van der Waals surface area (Å²) in [5.41, 5.74) is 2.94. The van der Waals surface area contributed by atoms with E-state index in [0.29, 0.717) is 5.56 Å². The minimum absolute atomic E-state index is 0.0100. The lowest BCUT2D eigenvalue weighted by Crippen LogP contribution is -2.30. The highest BCUT2D eigenvalue weighted by atomic mass is 32.2. The van der Waals surface area contributed by atoms with Gasteiger partial charge in [0.15, 0.2) is 0 Å². The second-order valence-electron chi connectivity index (χ2n) is 5.45. The summed E-state index contributed by atoms with van der Waals surface area (Å²) in [6, 6.07) is 16.3. The van der Waals surface area contributed by atoms with E-state index in [9.17, 15) is 4.79 Å². The first-order valence-corrected chi connectivity index (χ1v) is 8.40. The molecule has 0 bridgehead atoms.